The lowest BCUT2D eigenvalue weighted by Gasteiger charge is -2.04. The summed E-state index contributed by atoms with van der Waals surface area (Å²) in [4.78, 5) is 19.7. The molecule has 1 aliphatic rings. The van der Waals surface area contributed by atoms with E-state index in [-0.39, 0.29) is 11.4 Å². The van der Waals surface area contributed by atoms with Gasteiger partial charge in [0.25, 0.3) is 5.91 Å². The van der Waals surface area contributed by atoms with Crippen LogP contribution in [0, 0.1) is 5.82 Å². The average molecular weight is 326 g/mol. The molecular weight excluding hydrogens is 317 g/mol. The number of aromatic nitrogens is 2. The second-order valence-electron chi connectivity index (χ2n) is 4.29. The van der Waals surface area contributed by atoms with E-state index < -0.39 is 11.7 Å². The number of anilines is 1. The molecular formula is C12H9BrFN3O2. The third-order valence-corrected chi connectivity index (χ3v) is 3.19. The van der Waals surface area contributed by atoms with Gasteiger partial charge in [-0.15, -0.1) is 0 Å². The maximum absolute atomic E-state index is 13.4. The molecule has 1 saturated carbocycles. The van der Waals surface area contributed by atoms with Gasteiger partial charge >= 0.3 is 0 Å². The molecule has 0 spiro atoms. The molecule has 7 heteroatoms. The lowest BCUT2D eigenvalue weighted by atomic mass is 10.3. The summed E-state index contributed by atoms with van der Waals surface area (Å²) in [5, 5.41) is 2.43. The first kappa shape index (κ1) is 12.3. The van der Waals surface area contributed by atoms with Gasteiger partial charge in [-0.25, -0.2) is 14.4 Å². The molecule has 0 aromatic carbocycles. The highest BCUT2D eigenvalue weighted by molar-refractivity contribution is 9.10. The van der Waals surface area contributed by atoms with Crippen LogP contribution in [0.25, 0.3) is 0 Å². The van der Waals surface area contributed by atoms with Gasteiger partial charge < -0.3 is 9.73 Å². The van der Waals surface area contributed by atoms with Crippen LogP contribution in [0.15, 0.2) is 27.5 Å². The molecule has 0 unspecified atom stereocenters. The predicted octanol–water partition coefficient (Wildman–Crippen LogP) is 3.10. The van der Waals surface area contributed by atoms with Gasteiger partial charge in [0, 0.05) is 5.92 Å². The fraction of sp³-hybridized carbons (Fsp3) is 0.250. The standard InChI is InChI=1S/C12H9BrFN3O2/c13-10-3-8(7(14)4-15-10)16-11(18)9-5-19-12(17-9)6-1-2-6/h3-6H,1-2H2,(H,15,16,18). The lowest BCUT2D eigenvalue weighted by molar-refractivity contribution is 0.102. The second-order valence-corrected chi connectivity index (χ2v) is 5.10. The summed E-state index contributed by atoms with van der Waals surface area (Å²) in [5.41, 5.74) is 0.192. The van der Waals surface area contributed by atoms with Crippen LogP contribution in [0.4, 0.5) is 10.1 Å². The molecule has 0 atom stereocenters. The first-order valence-corrected chi connectivity index (χ1v) is 6.50. The first-order valence-electron chi connectivity index (χ1n) is 5.71. The molecule has 1 aliphatic carbocycles. The maximum atomic E-state index is 13.4. The SMILES string of the molecule is O=C(Nc1cc(Br)ncc1F)c1coc(C2CC2)n1. The lowest BCUT2D eigenvalue weighted by Crippen LogP contribution is -2.13. The van der Waals surface area contributed by atoms with Crippen LogP contribution in [0.5, 0.6) is 0 Å². The molecule has 0 aliphatic heterocycles. The number of nitrogens with one attached hydrogen (secondary N) is 1. The van der Waals surface area contributed by atoms with E-state index >= 15 is 0 Å². The van der Waals surface area contributed by atoms with Crippen LogP contribution in [0.2, 0.25) is 0 Å². The van der Waals surface area contributed by atoms with Gasteiger partial charge in [0.1, 0.15) is 10.9 Å². The van der Waals surface area contributed by atoms with Gasteiger partial charge in [0.2, 0.25) is 0 Å². The summed E-state index contributed by atoms with van der Waals surface area (Å²) in [6.07, 6.45) is 4.39. The number of halogens is 2. The zero-order valence-corrected chi connectivity index (χ0v) is 11.3. The van der Waals surface area contributed by atoms with E-state index in [4.69, 9.17) is 4.42 Å². The van der Waals surface area contributed by atoms with Crippen LogP contribution in [-0.2, 0) is 0 Å². The Hall–Kier alpha value is -1.76. The number of amides is 1. The molecule has 2 aromatic heterocycles. The summed E-state index contributed by atoms with van der Waals surface area (Å²) < 4.78 is 19.1. The topological polar surface area (TPSA) is 68.0 Å². The normalized spacial score (nSPS) is 14.4. The quantitative estimate of drug-likeness (QED) is 0.880. The molecule has 2 heterocycles. The number of rotatable bonds is 3. The van der Waals surface area contributed by atoms with Crippen molar-refractivity contribution in [2.75, 3.05) is 5.32 Å². The monoisotopic (exact) mass is 325 g/mol. The minimum Gasteiger partial charge on any atom is -0.448 e. The number of nitrogens with zero attached hydrogens (tertiary/aromatic N) is 2. The van der Waals surface area contributed by atoms with E-state index in [1.165, 1.54) is 12.3 Å². The van der Waals surface area contributed by atoms with E-state index in [1.54, 1.807) is 0 Å². The first-order chi connectivity index (χ1) is 9.13. The number of carbonyl (C=O) groups is 1. The van der Waals surface area contributed by atoms with E-state index in [0.29, 0.717) is 16.4 Å². The Balaban J connectivity index is 1.77. The molecule has 1 N–H and O–H groups in total. The Morgan fingerprint density at radius 1 is 1.53 bits per heavy atom. The van der Waals surface area contributed by atoms with Crippen molar-refractivity contribution < 1.29 is 13.6 Å². The van der Waals surface area contributed by atoms with Crippen molar-refractivity contribution in [3.05, 3.63) is 40.5 Å². The zero-order valence-electron chi connectivity index (χ0n) is 9.69. The van der Waals surface area contributed by atoms with Crippen molar-refractivity contribution in [2.24, 2.45) is 0 Å². The smallest absolute Gasteiger partial charge is 0.277 e. The highest BCUT2D eigenvalue weighted by atomic mass is 79.9. The Labute approximate surface area is 116 Å². The molecule has 1 fully saturated rings. The molecule has 98 valence electrons. The Bertz CT molecular complexity index is 640. The minimum atomic E-state index is -0.609. The fourth-order valence-corrected chi connectivity index (χ4v) is 1.94. The Morgan fingerprint density at radius 2 is 2.32 bits per heavy atom. The van der Waals surface area contributed by atoms with E-state index in [2.05, 4.69) is 31.2 Å². The number of pyridine rings is 1. The molecule has 2 aromatic rings. The van der Waals surface area contributed by atoms with Crippen LogP contribution < -0.4 is 5.32 Å². The summed E-state index contributed by atoms with van der Waals surface area (Å²) >= 11 is 3.11. The molecule has 19 heavy (non-hydrogen) atoms. The molecule has 3 rings (SSSR count). The number of carbonyl (C=O) groups excluding carboxylic acids is 1. The summed E-state index contributed by atoms with van der Waals surface area (Å²) in [6.45, 7) is 0. The number of hydrogen-bond acceptors (Lipinski definition) is 4. The highest BCUT2D eigenvalue weighted by Gasteiger charge is 2.29. The van der Waals surface area contributed by atoms with Gasteiger partial charge in [0.05, 0.1) is 11.9 Å². The molecule has 0 bridgehead atoms. The van der Waals surface area contributed by atoms with Crippen molar-refractivity contribution >= 4 is 27.5 Å². The summed E-state index contributed by atoms with van der Waals surface area (Å²) in [5.74, 6) is -0.218. The van der Waals surface area contributed by atoms with Gasteiger partial charge in [-0.1, -0.05) is 0 Å². The van der Waals surface area contributed by atoms with Crippen LogP contribution in [0.1, 0.15) is 35.1 Å². The Kier molecular flexibility index (Phi) is 3.06. The number of oxazole rings is 1. The van der Waals surface area contributed by atoms with Gasteiger partial charge in [-0.3, -0.25) is 4.79 Å². The minimum absolute atomic E-state index is 0.0443. The molecule has 1 amide bonds. The van der Waals surface area contributed by atoms with Crippen molar-refractivity contribution in [1.82, 2.24) is 9.97 Å². The van der Waals surface area contributed by atoms with E-state index in [9.17, 15) is 9.18 Å². The predicted molar refractivity (Wildman–Crippen MR) is 68.3 cm³/mol. The zero-order chi connectivity index (χ0) is 13.4. The van der Waals surface area contributed by atoms with Crippen molar-refractivity contribution in [1.29, 1.82) is 0 Å². The van der Waals surface area contributed by atoms with E-state index in [0.717, 1.165) is 19.0 Å². The third kappa shape index (κ3) is 2.65. The van der Waals surface area contributed by atoms with Crippen LogP contribution in [-0.4, -0.2) is 15.9 Å². The third-order valence-electron chi connectivity index (χ3n) is 2.75. The van der Waals surface area contributed by atoms with Crippen molar-refractivity contribution in [3.8, 4) is 0 Å². The highest BCUT2D eigenvalue weighted by Crippen LogP contribution is 2.39. The van der Waals surface area contributed by atoms with Gasteiger partial charge in [0.15, 0.2) is 17.4 Å². The number of hydrogen-bond donors (Lipinski definition) is 1. The van der Waals surface area contributed by atoms with Gasteiger partial charge in [-0.05, 0) is 34.8 Å². The van der Waals surface area contributed by atoms with Crippen molar-refractivity contribution in [3.63, 3.8) is 0 Å². The summed E-state index contributed by atoms with van der Waals surface area (Å²) in [6, 6.07) is 1.38. The largest absolute Gasteiger partial charge is 0.448 e. The fourth-order valence-electron chi connectivity index (χ4n) is 1.61. The van der Waals surface area contributed by atoms with Gasteiger partial charge in [-0.2, -0.15) is 0 Å². The molecule has 5 nitrogen and oxygen atoms in total. The van der Waals surface area contributed by atoms with E-state index in [1.807, 2.05) is 0 Å². The Morgan fingerprint density at radius 3 is 3.05 bits per heavy atom. The van der Waals surface area contributed by atoms with Crippen LogP contribution >= 0.6 is 15.9 Å². The molecule has 0 saturated heterocycles. The molecule has 0 radical (unpaired) electrons. The second kappa shape index (κ2) is 4.73. The van der Waals surface area contributed by atoms with Crippen LogP contribution in [0.3, 0.4) is 0 Å². The maximum Gasteiger partial charge on any atom is 0.277 e. The average Bonchev–Trinajstić information content (AvgIpc) is 3.11. The summed E-state index contributed by atoms with van der Waals surface area (Å²) in [7, 11) is 0. The van der Waals surface area contributed by atoms with Crippen molar-refractivity contribution in [2.45, 2.75) is 18.8 Å².